The van der Waals surface area contributed by atoms with E-state index in [9.17, 15) is 4.79 Å². The minimum atomic E-state index is 0. The van der Waals surface area contributed by atoms with Gasteiger partial charge in [0.2, 0.25) is 5.91 Å². The van der Waals surface area contributed by atoms with Crippen LogP contribution in [0.15, 0.2) is 24.3 Å². The van der Waals surface area contributed by atoms with Crippen LogP contribution in [-0.2, 0) is 11.8 Å². The van der Waals surface area contributed by atoms with Gasteiger partial charge in [0.05, 0.1) is 0 Å². The van der Waals surface area contributed by atoms with Crippen molar-refractivity contribution in [2.24, 2.45) is 12.8 Å². The lowest BCUT2D eigenvalue weighted by atomic mass is 10.1. The van der Waals surface area contributed by atoms with E-state index in [0.29, 0.717) is 12.2 Å². The number of hydrogen-bond donors (Lipinski definition) is 2. The molecule has 0 aliphatic heterocycles. The largest absolute Gasteiger partial charge is 0.330 e. The summed E-state index contributed by atoms with van der Waals surface area (Å²) in [6.45, 7) is 0.718. The summed E-state index contributed by atoms with van der Waals surface area (Å²) in [5.41, 5.74) is 7.07. The highest BCUT2D eigenvalue weighted by atomic mass is 35.5. The topological polar surface area (TPSA) is 98.7 Å². The molecule has 1 aromatic carbocycles. The maximum absolute atomic E-state index is 11.9. The lowest BCUT2D eigenvalue weighted by Crippen LogP contribution is -2.11. The van der Waals surface area contributed by atoms with Gasteiger partial charge in [0, 0.05) is 24.7 Å². The molecule has 0 fully saturated rings. The number of carbonyl (C=O) groups excluding carboxylic acids is 1. The number of rotatable bonds is 8. The minimum Gasteiger partial charge on any atom is -0.330 e. The van der Waals surface area contributed by atoms with Gasteiger partial charge in [-0.2, -0.15) is 0 Å². The van der Waals surface area contributed by atoms with Crippen molar-refractivity contribution in [3.05, 3.63) is 24.3 Å². The first-order chi connectivity index (χ1) is 10.7. The Bertz CT molecular complexity index is 616. The molecule has 8 heteroatoms. The number of aromatic nitrogens is 4. The summed E-state index contributed by atoms with van der Waals surface area (Å²) >= 11 is 0. The fourth-order valence-electron chi connectivity index (χ4n) is 2.22. The fraction of sp³-hybridized carbons (Fsp3) is 0.467. The van der Waals surface area contributed by atoms with Crippen LogP contribution in [0.1, 0.15) is 32.1 Å². The van der Waals surface area contributed by atoms with E-state index in [1.54, 1.807) is 11.7 Å². The molecule has 2 aromatic rings. The molecular weight excluding hydrogens is 316 g/mol. The number of nitrogens with two attached hydrogens (primary N) is 1. The number of hydrogen-bond acceptors (Lipinski definition) is 5. The van der Waals surface area contributed by atoms with Crippen molar-refractivity contribution in [1.82, 2.24) is 20.2 Å². The molecule has 1 heterocycles. The smallest absolute Gasteiger partial charge is 0.224 e. The molecule has 0 saturated heterocycles. The molecule has 0 spiro atoms. The van der Waals surface area contributed by atoms with Crippen molar-refractivity contribution in [2.45, 2.75) is 32.1 Å². The molecule has 2 rings (SSSR count). The Morgan fingerprint density at radius 1 is 1.26 bits per heavy atom. The molecule has 0 aliphatic carbocycles. The Kier molecular flexibility index (Phi) is 8.21. The van der Waals surface area contributed by atoms with Crippen LogP contribution in [0.25, 0.3) is 11.4 Å². The minimum absolute atomic E-state index is 0. The average Bonchev–Trinajstić information content (AvgIpc) is 2.93. The molecule has 0 radical (unpaired) electrons. The van der Waals surface area contributed by atoms with Gasteiger partial charge in [-0.25, -0.2) is 4.68 Å². The molecule has 0 unspecified atom stereocenters. The molecule has 3 N–H and O–H groups in total. The molecular formula is C15H23ClN6O. The van der Waals surface area contributed by atoms with Crippen LogP contribution in [0, 0.1) is 0 Å². The molecule has 0 aliphatic rings. The van der Waals surface area contributed by atoms with Crippen LogP contribution in [0.4, 0.5) is 5.69 Å². The number of anilines is 1. The third-order valence-corrected chi connectivity index (χ3v) is 3.38. The quantitative estimate of drug-likeness (QED) is 0.718. The maximum atomic E-state index is 11.9. The fourth-order valence-corrected chi connectivity index (χ4v) is 2.22. The Labute approximate surface area is 142 Å². The van der Waals surface area contributed by atoms with Crippen molar-refractivity contribution in [1.29, 1.82) is 0 Å². The Hall–Kier alpha value is -1.99. The van der Waals surface area contributed by atoms with E-state index in [0.717, 1.165) is 43.5 Å². The normalized spacial score (nSPS) is 10.2. The zero-order valence-electron chi connectivity index (χ0n) is 13.2. The van der Waals surface area contributed by atoms with Gasteiger partial charge in [0.25, 0.3) is 0 Å². The predicted molar refractivity (Wildman–Crippen MR) is 92.3 cm³/mol. The highest BCUT2D eigenvalue weighted by Crippen LogP contribution is 2.19. The lowest BCUT2D eigenvalue weighted by molar-refractivity contribution is -0.116. The molecule has 1 amide bonds. The van der Waals surface area contributed by atoms with Crippen LogP contribution in [0.5, 0.6) is 0 Å². The van der Waals surface area contributed by atoms with Gasteiger partial charge in [-0.1, -0.05) is 25.0 Å². The second kappa shape index (κ2) is 9.91. The number of unbranched alkanes of at least 4 members (excludes halogenated alkanes) is 3. The first-order valence-electron chi connectivity index (χ1n) is 7.53. The number of carbonyl (C=O) groups is 1. The van der Waals surface area contributed by atoms with Gasteiger partial charge in [0.1, 0.15) is 0 Å². The number of aryl methyl sites for hydroxylation is 1. The van der Waals surface area contributed by atoms with E-state index in [-0.39, 0.29) is 18.3 Å². The summed E-state index contributed by atoms with van der Waals surface area (Å²) in [5, 5.41) is 14.3. The van der Waals surface area contributed by atoms with E-state index < -0.39 is 0 Å². The van der Waals surface area contributed by atoms with Crippen molar-refractivity contribution in [3.63, 3.8) is 0 Å². The molecule has 0 bridgehead atoms. The number of benzene rings is 1. The van der Waals surface area contributed by atoms with Gasteiger partial charge < -0.3 is 11.1 Å². The summed E-state index contributed by atoms with van der Waals surface area (Å²) in [6, 6.07) is 7.52. The van der Waals surface area contributed by atoms with E-state index >= 15 is 0 Å². The van der Waals surface area contributed by atoms with Crippen molar-refractivity contribution >= 4 is 24.0 Å². The van der Waals surface area contributed by atoms with Gasteiger partial charge >= 0.3 is 0 Å². The number of amides is 1. The van der Waals surface area contributed by atoms with Gasteiger partial charge in [-0.15, -0.1) is 17.5 Å². The van der Waals surface area contributed by atoms with Gasteiger partial charge in [-0.05, 0) is 41.9 Å². The number of halogens is 1. The van der Waals surface area contributed by atoms with Crippen LogP contribution in [0.3, 0.4) is 0 Å². The highest BCUT2D eigenvalue weighted by molar-refractivity contribution is 5.91. The standard InChI is InChI=1S/C15H22N6O.ClH/c1-21-15(18-19-20-21)12-7-6-8-13(11-12)17-14(22)9-4-2-3-5-10-16;/h6-8,11H,2-5,9-10,16H2,1H3,(H,17,22);1H. The van der Waals surface area contributed by atoms with Crippen LogP contribution < -0.4 is 11.1 Å². The molecule has 23 heavy (non-hydrogen) atoms. The van der Waals surface area contributed by atoms with Crippen LogP contribution >= 0.6 is 12.4 Å². The van der Waals surface area contributed by atoms with Gasteiger partial charge in [-0.3, -0.25) is 4.79 Å². The zero-order chi connectivity index (χ0) is 15.8. The second-order valence-electron chi connectivity index (χ2n) is 5.21. The van der Waals surface area contributed by atoms with Crippen LogP contribution in [0.2, 0.25) is 0 Å². The SMILES string of the molecule is Cl.Cn1nnnc1-c1cccc(NC(=O)CCCCCCN)c1. The lowest BCUT2D eigenvalue weighted by Gasteiger charge is -2.07. The van der Waals surface area contributed by atoms with Crippen LogP contribution in [-0.4, -0.2) is 32.7 Å². The Morgan fingerprint density at radius 2 is 2.04 bits per heavy atom. The molecule has 7 nitrogen and oxygen atoms in total. The van der Waals surface area contributed by atoms with Crippen molar-refractivity contribution < 1.29 is 4.79 Å². The number of nitrogens with zero attached hydrogens (tertiary/aromatic N) is 4. The summed E-state index contributed by atoms with van der Waals surface area (Å²) < 4.78 is 1.60. The number of tetrazole rings is 1. The van der Waals surface area contributed by atoms with E-state index in [1.807, 2.05) is 24.3 Å². The zero-order valence-corrected chi connectivity index (χ0v) is 14.1. The van der Waals surface area contributed by atoms with E-state index in [4.69, 9.17) is 5.73 Å². The average molecular weight is 339 g/mol. The predicted octanol–water partition coefficient (Wildman–Crippen LogP) is 2.15. The van der Waals surface area contributed by atoms with Gasteiger partial charge in [0.15, 0.2) is 5.82 Å². The maximum Gasteiger partial charge on any atom is 0.224 e. The molecule has 0 saturated carbocycles. The Balaban J connectivity index is 0.00000264. The summed E-state index contributed by atoms with van der Waals surface area (Å²) in [4.78, 5) is 11.9. The first-order valence-corrected chi connectivity index (χ1v) is 7.53. The first kappa shape index (κ1) is 19.1. The third-order valence-electron chi connectivity index (χ3n) is 3.38. The van der Waals surface area contributed by atoms with E-state index in [1.165, 1.54) is 0 Å². The Morgan fingerprint density at radius 3 is 2.74 bits per heavy atom. The third kappa shape index (κ3) is 5.96. The second-order valence-corrected chi connectivity index (χ2v) is 5.21. The van der Waals surface area contributed by atoms with E-state index in [2.05, 4.69) is 20.8 Å². The molecule has 0 atom stereocenters. The highest BCUT2D eigenvalue weighted by Gasteiger charge is 2.08. The van der Waals surface area contributed by atoms with Crippen molar-refractivity contribution in [3.8, 4) is 11.4 Å². The monoisotopic (exact) mass is 338 g/mol. The summed E-state index contributed by atoms with van der Waals surface area (Å²) in [6.07, 6.45) is 4.56. The number of nitrogens with one attached hydrogen (secondary N) is 1. The molecule has 1 aromatic heterocycles. The molecule has 126 valence electrons. The summed E-state index contributed by atoms with van der Waals surface area (Å²) in [7, 11) is 1.78. The summed E-state index contributed by atoms with van der Waals surface area (Å²) in [5.74, 6) is 0.693. The van der Waals surface area contributed by atoms with Crippen molar-refractivity contribution in [2.75, 3.05) is 11.9 Å².